The minimum Gasteiger partial charge on any atom is -0.408 e. The molecule has 0 bridgehead atoms. The quantitative estimate of drug-likeness (QED) is 0.292. The molecule has 1 unspecified atom stereocenters. The van der Waals surface area contributed by atoms with E-state index in [-0.39, 0.29) is 15.5 Å². The van der Waals surface area contributed by atoms with Crippen molar-refractivity contribution < 1.29 is 18.0 Å². The summed E-state index contributed by atoms with van der Waals surface area (Å²) in [5, 5.41) is 2.28. The highest BCUT2D eigenvalue weighted by Gasteiger charge is 2.38. The van der Waals surface area contributed by atoms with Gasteiger partial charge in [-0.25, -0.2) is 0 Å². The molecule has 0 aliphatic rings. The Kier molecular flexibility index (Phi) is 7.71. The van der Waals surface area contributed by atoms with Crippen molar-refractivity contribution in [2.45, 2.75) is 64.9 Å². The van der Waals surface area contributed by atoms with Crippen LogP contribution in [0, 0.1) is 0 Å². The molecule has 0 saturated heterocycles. The lowest BCUT2D eigenvalue weighted by Gasteiger charge is -2.35. The van der Waals surface area contributed by atoms with E-state index in [1.54, 1.807) is 0 Å². The van der Waals surface area contributed by atoms with Crippen LogP contribution in [-0.4, -0.2) is 21.5 Å². The fraction of sp³-hybridized carbons (Fsp3) is 0.750. The number of rotatable bonds is 9. The van der Waals surface area contributed by atoms with Crippen LogP contribution in [0.4, 0.5) is 0 Å². The van der Waals surface area contributed by atoms with E-state index < -0.39 is 15.9 Å². The van der Waals surface area contributed by atoms with E-state index >= 15 is 0 Å². The Morgan fingerprint density at radius 1 is 1.17 bits per heavy atom. The Morgan fingerprint density at radius 2 is 1.74 bits per heavy atom. The Morgan fingerprint density at radius 3 is 2.22 bits per heavy atom. The smallest absolute Gasteiger partial charge is 0.384 e. The highest BCUT2D eigenvalue weighted by molar-refractivity contribution is 7.61. The van der Waals surface area contributed by atoms with Gasteiger partial charge < -0.3 is 13.5 Å². The first-order chi connectivity index (χ1) is 10.5. The fourth-order valence-electron chi connectivity index (χ4n) is 1.81. The van der Waals surface area contributed by atoms with Gasteiger partial charge in [-0.2, -0.15) is 0 Å². The summed E-state index contributed by atoms with van der Waals surface area (Å²) in [4.78, 5) is 1.19. The van der Waals surface area contributed by atoms with Gasteiger partial charge in [-0.1, -0.05) is 20.8 Å². The average Bonchev–Trinajstić information content (AvgIpc) is 2.82. The lowest BCUT2D eigenvalue weighted by molar-refractivity contribution is 0.221. The first kappa shape index (κ1) is 21.1. The van der Waals surface area contributed by atoms with Crippen LogP contribution in [0.25, 0.3) is 0 Å². The van der Waals surface area contributed by atoms with Gasteiger partial charge in [0.15, 0.2) is 13.2 Å². The number of hydrogen-bond donors (Lipinski definition) is 0. The van der Waals surface area contributed by atoms with E-state index in [9.17, 15) is 4.57 Å². The SMILES string of the molecule is CCOP(=O)(C[s+]1cccc1CO[Si](C)(C)C(C)(C)C)OCC. The molecule has 0 aliphatic carbocycles. The number of hydrogen-bond acceptors (Lipinski definition) is 4. The molecule has 1 aromatic rings. The predicted molar refractivity (Wildman–Crippen MR) is 102 cm³/mol. The zero-order valence-corrected chi connectivity index (χ0v) is 18.3. The predicted octanol–water partition coefficient (Wildman–Crippen LogP) is 6.18. The fourth-order valence-corrected chi connectivity index (χ4v) is 7.60. The molecule has 0 spiro atoms. The van der Waals surface area contributed by atoms with Crippen molar-refractivity contribution in [2.24, 2.45) is 0 Å². The van der Waals surface area contributed by atoms with Crippen LogP contribution in [0.2, 0.25) is 18.1 Å². The zero-order valence-electron chi connectivity index (χ0n) is 15.5. The molecule has 7 heteroatoms. The van der Waals surface area contributed by atoms with E-state index in [0.29, 0.717) is 25.3 Å². The van der Waals surface area contributed by atoms with Crippen molar-refractivity contribution in [3.63, 3.8) is 0 Å². The third-order valence-electron chi connectivity index (χ3n) is 4.19. The average molecular weight is 380 g/mol. The Labute approximate surface area is 145 Å². The maximum Gasteiger partial charge on any atom is 0.384 e. The summed E-state index contributed by atoms with van der Waals surface area (Å²) in [6.45, 7) is 16.3. The molecular weight excluding hydrogens is 347 g/mol. The first-order valence-corrected chi connectivity index (χ1v) is 14.2. The largest absolute Gasteiger partial charge is 0.408 e. The zero-order chi connectivity index (χ0) is 17.7. The van der Waals surface area contributed by atoms with E-state index in [1.807, 2.05) is 19.9 Å². The summed E-state index contributed by atoms with van der Waals surface area (Å²) in [5.41, 5.74) is 0.415. The van der Waals surface area contributed by atoms with E-state index in [4.69, 9.17) is 13.5 Å². The normalized spacial score (nSPS) is 14.3. The lowest BCUT2D eigenvalue weighted by Crippen LogP contribution is -2.40. The van der Waals surface area contributed by atoms with Gasteiger partial charge in [-0.3, -0.25) is 4.57 Å². The van der Waals surface area contributed by atoms with Crippen molar-refractivity contribution >= 4 is 26.4 Å². The Hall–Kier alpha value is 0.0269. The Bertz CT molecular complexity index is 526. The highest BCUT2D eigenvalue weighted by Crippen LogP contribution is 2.55. The second-order valence-electron chi connectivity index (χ2n) is 7.01. The van der Waals surface area contributed by atoms with Gasteiger partial charge in [0.25, 0.3) is 0 Å². The molecule has 4 nitrogen and oxygen atoms in total. The van der Waals surface area contributed by atoms with Crippen LogP contribution >= 0.6 is 18.1 Å². The third-order valence-corrected chi connectivity index (χ3v) is 13.8. The van der Waals surface area contributed by atoms with E-state index in [1.165, 1.54) is 4.88 Å². The first-order valence-electron chi connectivity index (χ1n) is 8.14. The summed E-state index contributed by atoms with van der Waals surface area (Å²) >= 11 is 0. The molecular formula is C16H32O4PSSi+. The molecule has 1 aromatic heterocycles. The van der Waals surface area contributed by atoms with Gasteiger partial charge in [-0.05, 0) is 48.5 Å². The van der Waals surface area contributed by atoms with Crippen molar-refractivity contribution in [3.8, 4) is 0 Å². The molecule has 0 N–H and O–H groups in total. The molecule has 134 valence electrons. The summed E-state index contributed by atoms with van der Waals surface area (Å²) in [7, 11) is -5.05. The molecule has 23 heavy (non-hydrogen) atoms. The molecule has 0 aromatic carbocycles. The monoisotopic (exact) mass is 379 g/mol. The third kappa shape index (κ3) is 6.11. The van der Waals surface area contributed by atoms with Gasteiger partial charge >= 0.3 is 7.60 Å². The lowest BCUT2D eigenvalue weighted by atomic mass is 10.2. The highest BCUT2D eigenvalue weighted by atomic mass is 32.2. The Balaban J connectivity index is 2.82. The number of thiophene rings is 1. The van der Waals surface area contributed by atoms with Gasteiger partial charge in [0, 0.05) is 6.07 Å². The molecule has 1 heterocycles. The van der Waals surface area contributed by atoms with Crippen molar-refractivity contribution in [1.82, 2.24) is 0 Å². The molecule has 0 amide bonds. The molecule has 0 saturated carbocycles. The standard InChI is InChI=1S/C16H32O4PSSi/c1-8-18-21(17,19-9-2)14-22-12-10-11-15(22)13-20-23(6,7)16(3,4)5/h10-12H,8-9,13-14H2,1-7H3/q+1. The van der Waals surface area contributed by atoms with Gasteiger partial charge in [0.2, 0.25) is 5.49 Å². The van der Waals surface area contributed by atoms with Crippen molar-refractivity contribution in [3.05, 3.63) is 22.4 Å². The van der Waals surface area contributed by atoms with Crippen molar-refractivity contribution in [2.75, 3.05) is 13.2 Å². The minimum atomic E-state index is -3.03. The topological polar surface area (TPSA) is 44.8 Å². The van der Waals surface area contributed by atoms with Crippen LogP contribution < -0.4 is 0 Å². The van der Waals surface area contributed by atoms with Crippen LogP contribution in [-0.2, 0) is 30.1 Å². The maximum absolute atomic E-state index is 12.7. The molecule has 0 aliphatic heterocycles. The summed E-state index contributed by atoms with van der Waals surface area (Å²) in [6.07, 6.45) is 0. The van der Waals surface area contributed by atoms with E-state index in [2.05, 4.69) is 45.3 Å². The second kappa shape index (κ2) is 8.41. The van der Waals surface area contributed by atoms with Gasteiger partial charge in [0.05, 0.1) is 13.2 Å². The van der Waals surface area contributed by atoms with Crippen LogP contribution in [0.5, 0.6) is 0 Å². The van der Waals surface area contributed by atoms with Crippen LogP contribution in [0.15, 0.2) is 17.5 Å². The van der Waals surface area contributed by atoms with Gasteiger partial charge in [-0.15, -0.1) is 0 Å². The van der Waals surface area contributed by atoms with E-state index in [0.717, 1.165) is 0 Å². The maximum atomic E-state index is 12.7. The van der Waals surface area contributed by atoms with Crippen LogP contribution in [0.1, 0.15) is 39.5 Å². The summed E-state index contributed by atoms with van der Waals surface area (Å²) in [5.74, 6) is 0. The van der Waals surface area contributed by atoms with Crippen LogP contribution in [0.3, 0.4) is 0 Å². The summed E-state index contributed by atoms with van der Waals surface area (Å²) in [6, 6.07) is 4.11. The van der Waals surface area contributed by atoms with Gasteiger partial charge in [0.1, 0.15) is 12.0 Å². The minimum absolute atomic E-state index is 0.185. The summed E-state index contributed by atoms with van der Waals surface area (Å²) < 4.78 is 29.9. The second-order valence-corrected chi connectivity index (χ2v) is 16.2. The molecule has 1 atom stereocenters. The molecule has 1 rings (SSSR count). The van der Waals surface area contributed by atoms with Crippen molar-refractivity contribution in [1.29, 1.82) is 0 Å². The molecule has 0 radical (unpaired) electrons. The molecule has 0 fully saturated rings.